The molecule has 21 heavy (non-hydrogen) atoms. The van der Waals surface area contributed by atoms with Crippen LogP contribution in [0.3, 0.4) is 0 Å². The van der Waals surface area contributed by atoms with Gasteiger partial charge in [-0.25, -0.2) is 0 Å². The lowest BCUT2D eigenvalue weighted by Gasteiger charge is -2.34. The van der Waals surface area contributed by atoms with Crippen LogP contribution < -0.4 is 11.1 Å². The van der Waals surface area contributed by atoms with Crippen molar-refractivity contribution in [2.75, 3.05) is 26.7 Å². The van der Waals surface area contributed by atoms with E-state index in [0.29, 0.717) is 18.3 Å². The maximum atomic E-state index is 11.0. The molecule has 1 heterocycles. The summed E-state index contributed by atoms with van der Waals surface area (Å²) in [6.07, 6.45) is 7.06. The van der Waals surface area contributed by atoms with Crippen molar-refractivity contribution in [3.8, 4) is 6.07 Å². The molecule has 0 spiro atoms. The molecular weight excluding hydrogens is 264 g/mol. The predicted molar refractivity (Wildman–Crippen MR) is 82.3 cm³/mol. The van der Waals surface area contributed by atoms with E-state index in [1.165, 1.54) is 0 Å². The molecule has 0 radical (unpaired) electrons. The third kappa shape index (κ3) is 3.96. The van der Waals surface area contributed by atoms with Gasteiger partial charge >= 0.3 is 0 Å². The zero-order valence-corrected chi connectivity index (χ0v) is 13.1. The predicted octanol–water partition coefficient (Wildman–Crippen LogP) is 1.25. The Morgan fingerprint density at radius 1 is 1.43 bits per heavy atom. The van der Waals surface area contributed by atoms with Crippen LogP contribution in [0, 0.1) is 23.2 Å². The second kappa shape index (κ2) is 7.24. The number of likely N-dealkylation sites (tertiary alicyclic amines) is 1. The summed E-state index contributed by atoms with van der Waals surface area (Å²) in [7, 11) is 1.91. The minimum absolute atomic E-state index is 0.174. The zero-order valence-electron chi connectivity index (χ0n) is 13.1. The van der Waals surface area contributed by atoms with Gasteiger partial charge in [-0.2, -0.15) is 5.26 Å². The summed E-state index contributed by atoms with van der Waals surface area (Å²) in [5.74, 6) is 0.767. The number of piperidine rings is 1. The molecule has 5 heteroatoms. The number of hydrogen-bond donors (Lipinski definition) is 2. The van der Waals surface area contributed by atoms with Gasteiger partial charge in [-0.3, -0.25) is 4.79 Å². The number of hydrogen-bond acceptors (Lipinski definition) is 4. The molecule has 1 aliphatic carbocycles. The summed E-state index contributed by atoms with van der Waals surface area (Å²) in [5, 5.41) is 12.7. The lowest BCUT2D eigenvalue weighted by Crippen LogP contribution is -2.46. The molecule has 0 aromatic rings. The van der Waals surface area contributed by atoms with Crippen molar-refractivity contribution in [3.63, 3.8) is 0 Å². The molecule has 0 aromatic carbocycles. The van der Waals surface area contributed by atoms with Gasteiger partial charge in [0.1, 0.15) is 5.54 Å². The van der Waals surface area contributed by atoms with Crippen LogP contribution in [0.15, 0.2) is 0 Å². The highest BCUT2D eigenvalue weighted by atomic mass is 16.1. The van der Waals surface area contributed by atoms with Crippen LogP contribution in [-0.2, 0) is 4.79 Å². The molecule has 2 atom stereocenters. The van der Waals surface area contributed by atoms with Gasteiger partial charge in [0.2, 0.25) is 5.91 Å². The molecule has 1 saturated heterocycles. The number of nitrogens with one attached hydrogen (secondary N) is 1. The van der Waals surface area contributed by atoms with E-state index in [4.69, 9.17) is 5.73 Å². The summed E-state index contributed by atoms with van der Waals surface area (Å²) < 4.78 is 0. The van der Waals surface area contributed by atoms with Crippen molar-refractivity contribution in [1.29, 1.82) is 5.26 Å². The van der Waals surface area contributed by atoms with Crippen molar-refractivity contribution >= 4 is 5.91 Å². The first-order valence-corrected chi connectivity index (χ1v) is 8.20. The van der Waals surface area contributed by atoms with E-state index in [-0.39, 0.29) is 11.4 Å². The summed E-state index contributed by atoms with van der Waals surface area (Å²) in [6.45, 7) is 3.19. The van der Waals surface area contributed by atoms with Crippen LogP contribution >= 0.6 is 0 Å². The Morgan fingerprint density at radius 2 is 2.14 bits per heavy atom. The first-order valence-electron chi connectivity index (χ1n) is 8.20. The lowest BCUT2D eigenvalue weighted by atomic mass is 9.85. The average molecular weight is 292 g/mol. The second-order valence-electron chi connectivity index (χ2n) is 6.67. The molecule has 2 aliphatic rings. The quantitative estimate of drug-likeness (QED) is 0.772. The Morgan fingerprint density at radius 3 is 2.71 bits per heavy atom. The van der Waals surface area contributed by atoms with Gasteiger partial charge in [-0.1, -0.05) is 6.42 Å². The maximum Gasteiger partial charge on any atom is 0.217 e. The number of carbonyl (C=O) groups is 1. The first kappa shape index (κ1) is 16.3. The van der Waals surface area contributed by atoms with E-state index in [9.17, 15) is 10.1 Å². The Bertz CT molecular complexity index is 398. The van der Waals surface area contributed by atoms with Crippen molar-refractivity contribution in [1.82, 2.24) is 10.2 Å². The lowest BCUT2D eigenvalue weighted by molar-refractivity contribution is -0.119. The molecule has 1 amide bonds. The minimum Gasteiger partial charge on any atom is -0.370 e. The number of nitrogens with zero attached hydrogens (tertiary/aromatic N) is 2. The van der Waals surface area contributed by atoms with E-state index < -0.39 is 0 Å². The van der Waals surface area contributed by atoms with Crippen LogP contribution in [0.2, 0.25) is 0 Å². The third-order valence-electron chi connectivity index (χ3n) is 5.46. The van der Waals surface area contributed by atoms with Crippen LogP contribution in [0.5, 0.6) is 0 Å². The summed E-state index contributed by atoms with van der Waals surface area (Å²) in [4.78, 5) is 13.4. The Kier molecular flexibility index (Phi) is 5.60. The van der Waals surface area contributed by atoms with Crippen LogP contribution in [0.4, 0.5) is 0 Å². The van der Waals surface area contributed by atoms with Crippen molar-refractivity contribution < 1.29 is 4.79 Å². The van der Waals surface area contributed by atoms with E-state index in [2.05, 4.69) is 16.3 Å². The summed E-state index contributed by atoms with van der Waals surface area (Å²) >= 11 is 0. The number of primary amides is 1. The Balaban J connectivity index is 1.75. The largest absolute Gasteiger partial charge is 0.370 e. The maximum absolute atomic E-state index is 11.0. The SMILES string of the molecule is CNC1(C#N)CCCC1CCN1CCC(CC(N)=O)CC1. The highest BCUT2D eigenvalue weighted by molar-refractivity contribution is 5.73. The fraction of sp³-hybridized carbons (Fsp3) is 0.875. The van der Waals surface area contributed by atoms with E-state index in [1.54, 1.807) is 0 Å². The number of nitrogens with two attached hydrogens (primary N) is 1. The van der Waals surface area contributed by atoms with Crippen LogP contribution in [-0.4, -0.2) is 43.0 Å². The molecule has 2 rings (SSSR count). The fourth-order valence-corrected chi connectivity index (χ4v) is 4.04. The Labute approximate surface area is 127 Å². The number of nitriles is 1. The molecule has 118 valence electrons. The molecule has 1 saturated carbocycles. The number of rotatable bonds is 6. The van der Waals surface area contributed by atoms with Gasteiger partial charge in [-0.05, 0) is 70.6 Å². The third-order valence-corrected chi connectivity index (χ3v) is 5.46. The smallest absolute Gasteiger partial charge is 0.217 e. The summed E-state index contributed by atoms with van der Waals surface area (Å²) in [5.41, 5.74) is 4.97. The molecule has 5 nitrogen and oxygen atoms in total. The fourth-order valence-electron chi connectivity index (χ4n) is 4.04. The van der Waals surface area contributed by atoms with Gasteiger partial charge in [0.25, 0.3) is 0 Å². The number of carbonyl (C=O) groups excluding carboxylic acids is 1. The van der Waals surface area contributed by atoms with E-state index in [0.717, 1.165) is 58.2 Å². The zero-order chi connectivity index (χ0) is 15.3. The molecule has 2 fully saturated rings. The van der Waals surface area contributed by atoms with Gasteiger partial charge in [0, 0.05) is 6.42 Å². The van der Waals surface area contributed by atoms with Gasteiger partial charge in [-0.15, -0.1) is 0 Å². The molecule has 3 N–H and O–H groups in total. The molecule has 0 bridgehead atoms. The van der Waals surface area contributed by atoms with Gasteiger partial charge in [0.15, 0.2) is 0 Å². The Hall–Kier alpha value is -1.12. The highest BCUT2D eigenvalue weighted by Crippen LogP contribution is 2.37. The topological polar surface area (TPSA) is 82.2 Å². The van der Waals surface area contributed by atoms with Crippen molar-refractivity contribution in [2.45, 2.75) is 50.5 Å². The first-order chi connectivity index (χ1) is 10.1. The van der Waals surface area contributed by atoms with Gasteiger partial charge < -0.3 is 16.0 Å². The van der Waals surface area contributed by atoms with Crippen LogP contribution in [0.1, 0.15) is 44.9 Å². The average Bonchev–Trinajstić information content (AvgIpc) is 2.89. The monoisotopic (exact) mass is 292 g/mol. The minimum atomic E-state index is -0.301. The normalized spacial score (nSPS) is 31.1. The standard InChI is InChI=1S/C16H28N4O/c1-19-16(12-17)7-2-3-14(16)6-10-20-8-4-13(5-9-20)11-15(18)21/h13-14,19H,2-11H2,1H3,(H2,18,21). The van der Waals surface area contributed by atoms with E-state index in [1.807, 2.05) is 7.05 Å². The molecule has 2 unspecified atom stereocenters. The summed E-state index contributed by atoms with van der Waals surface area (Å²) in [6, 6.07) is 2.51. The highest BCUT2D eigenvalue weighted by Gasteiger charge is 2.41. The van der Waals surface area contributed by atoms with E-state index >= 15 is 0 Å². The number of amides is 1. The molecular formula is C16H28N4O. The van der Waals surface area contributed by atoms with Crippen LogP contribution in [0.25, 0.3) is 0 Å². The van der Waals surface area contributed by atoms with Crippen molar-refractivity contribution in [3.05, 3.63) is 0 Å². The van der Waals surface area contributed by atoms with Gasteiger partial charge in [0.05, 0.1) is 6.07 Å². The molecule has 0 aromatic heterocycles. The second-order valence-corrected chi connectivity index (χ2v) is 6.67. The molecule has 1 aliphatic heterocycles. The van der Waals surface area contributed by atoms with Crippen molar-refractivity contribution in [2.24, 2.45) is 17.6 Å².